The maximum Gasteiger partial charge on any atom is 0.119 e. The lowest BCUT2D eigenvalue weighted by molar-refractivity contribution is 0.340. The van der Waals surface area contributed by atoms with Crippen molar-refractivity contribution in [2.45, 2.75) is 6.92 Å². The fraction of sp³-hybridized carbons (Fsp3) is 0.111. The van der Waals surface area contributed by atoms with Crippen molar-refractivity contribution in [2.75, 3.05) is 6.61 Å². The first-order valence-corrected chi connectivity index (χ1v) is 6.97. The number of benzene rings is 2. The Balaban J connectivity index is 1.80. The van der Waals surface area contributed by atoms with Gasteiger partial charge in [-0.15, -0.1) is 0 Å². The van der Waals surface area contributed by atoms with Crippen LogP contribution in [0.5, 0.6) is 5.75 Å². The summed E-state index contributed by atoms with van der Waals surface area (Å²) in [5, 5.41) is 1.10. The molecule has 1 heterocycles. The van der Waals surface area contributed by atoms with E-state index in [0.717, 1.165) is 27.9 Å². The Bertz CT molecular complexity index is 764. The van der Waals surface area contributed by atoms with Crippen LogP contribution in [0, 0.1) is 0 Å². The second kappa shape index (κ2) is 6.18. The SMILES string of the molecule is CCOc1ccc(C=Nc2ccc3ncccc3c2)cc1. The van der Waals surface area contributed by atoms with Crippen LogP contribution in [-0.2, 0) is 0 Å². The molecule has 3 heteroatoms. The normalized spacial score (nSPS) is 11.1. The molecule has 3 aromatic rings. The van der Waals surface area contributed by atoms with E-state index in [4.69, 9.17) is 4.74 Å². The maximum atomic E-state index is 5.42. The first kappa shape index (κ1) is 13.3. The number of hydrogen-bond donors (Lipinski definition) is 0. The summed E-state index contributed by atoms with van der Waals surface area (Å²) in [6.07, 6.45) is 3.65. The highest BCUT2D eigenvalue weighted by Gasteiger charge is 1.96. The Morgan fingerprint density at radius 3 is 2.76 bits per heavy atom. The Kier molecular flexibility index (Phi) is 3.92. The van der Waals surface area contributed by atoms with Crippen molar-refractivity contribution < 1.29 is 4.74 Å². The van der Waals surface area contributed by atoms with Gasteiger partial charge in [-0.25, -0.2) is 0 Å². The number of aromatic nitrogens is 1. The number of ether oxygens (including phenoxy) is 1. The predicted molar refractivity (Wildman–Crippen MR) is 86.6 cm³/mol. The number of nitrogens with zero attached hydrogens (tertiary/aromatic N) is 2. The molecule has 0 N–H and O–H groups in total. The lowest BCUT2D eigenvalue weighted by Gasteiger charge is -2.02. The van der Waals surface area contributed by atoms with Gasteiger partial charge in [0.25, 0.3) is 0 Å². The van der Waals surface area contributed by atoms with E-state index >= 15 is 0 Å². The van der Waals surface area contributed by atoms with Gasteiger partial charge >= 0.3 is 0 Å². The molecule has 0 bridgehead atoms. The average molecular weight is 276 g/mol. The van der Waals surface area contributed by atoms with Gasteiger partial charge in [0.15, 0.2) is 0 Å². The molecule has 0 saturated heterocycles. The van der Waals surface area contributed by atoms with Gasteiger partial charge in [-0.05, 0) is 61.0 Å². The van der Waals surface area contributed by atoms with E-state index in [9.17, 15) is 0 Å². The Morgan fingerprint density at radius 2 is 1.95 bits per heavy atom. The van der Waals surface area contributed by atoms with Gasteiger partial charge in [0.1, 0.15) is 5.75 Å². The number of rotatable bonds is 4. The summed E-state index contributed by atoms with van der Waals surface area (Å²) < 4.78 is 5.42. The molecular weight excluding hydrogens is 260 g/mol. The van der Waals surface area contributed by atoms with E-state index in [1.54, 1.807) is 6.20 Å². The van der Waals surface area contributed by atoms with Gasteiger partial charge in [-0.1, -0.05) is 6.07 Å². The molecule has 0 aliphatic carbocycles. The predicted octanol–water partition coefficient (Wildman–Crippen LogP) is 4.38. The average Bonchev–Trinajstić information content (AvgIpc) is 2.54. The van der Waals surface area contributed by atoms with Crippen LogP contribution in [0.25, 0.3) is 10.9 Å². The molecular formula is C18H16N2O. The fourth-order valence-electron chi connectivity index (χ4n) is 2.11. The van der Waals surface area contributed by atoms with Crippen molar-refractivity contribution in [3.8, 4) is 5.75 Å². The molecule has 0 radical (unpaired) electrons. The van der Waals surface area contributed by atoms with Gasteiger partial charge in [-0.3, -0.25) is 9.98 Å². The third-order valence-electron chi connectivity index (χ3n) is 3.14. The summed E-state index contributed by atoms with van der Waals surface area (Å²) in [7, 11) is 0. The molecule has 3 rings (SSSR count). The summed E-state index contributed by atoms with van der Waals surface area (Å²) in [6.45, 7) is 2.66. The minimum Gasteiger partial charge on any atom is -0.494 e. The van der Waals surface area contributed by atoms with Crippen LogP contribution in [0.4, 0.5) is 5.69 Å². The van der Waals surface area contributed by atoms with Crippen LogP contribution >= 0.6 is 0 Å². The fourth-order valence-corrected chi connectivity index (χ4v) is 2.11. The Hall–Kier alpha value is -2.68. The molecule has 0 unspecified atom stereocenters. The zero-order valence-electron chi connectivity index (χ0n) is 11.9. The zero-order valence-corrected chi connectivity index (χ0v) is 11.9. The van der Waals surface area contributed by atoms with E-state index in [0.29, 0.717) is 6.61 Å². The molecule has 0 atom stereocenters. The highest BCUT2D eigenvalue weighted by Crippen LogP contribution is 2.19. The van der Waals surface area contributed by atoms with Crippen molar-refractivity contribution in [1.29, 1.82) is 0 Å². The van der Waals surface area contributed by atoms with E-state index < -0.39 is 0 Å². The van der Waals surface area contributed by atoms with Crippen molar-refractivity contribution in [3.63, 3.8) is 0 Å². The van der Waals surface area contributed by atoms with E-state index in [2.05, 4.69) is 9.98 Å². The van der Waals surface area contributed by atoms with Gasteiger partial charge in [-0.2, -0.15) is 0 Å². The Morgan fingerprint density at radius 1 is 1.10 bits per heavy atom. The molecule has 0 fully saturated rings. The molecule has 0 aliphatic heterocycles. The van der Waals surface area contributed by atoms with Crippen LogP contribution in [0.15, 0.2) is 65.8 Å². The lowest BCUT2D eigenvalue weighted by atomic mass is 10.2. The third kappa shape index (κ3) is 3.26. The van der Waals surface area contributed by atoms with Crippen LogP contribution < -0.4 is 4.74 Å². The van der Waals surface area contributed by atoms with E-state index in [-0.39, 0.29) is 0 Å². The molecule has 0 saturated carbocycles. The van der Waals surface area contributed by atoms with Gasteiger partial charge in [0.2, 0.25) is 0 Å². The second-order valence-corrected chi connectivity index (χ2v) is 4.64. The van der Waals surface area contributed by atoms with Gasteiger partial charge < -0.3 is 4.74 Å². The van der Waals surface area contributed by atoms with Crippen LogP contribution in [0.3, 0.4) is 0 Å². The van der Waals surface area contributed by atoms with E-state index in [1.807, 2.05) is 67.7 Å². The molecule has 2 aromatic carbocycles. The summed E-state index contributed by atoms with van der Waals surface area (Å²) in [6, 6.07) is 17.9. The van der Waals surface area contributed by atoms with Gasteiger partial charge in [0, 0.05) is 17.8 Å². The topological polar surface area (TPSA) is 34.5 Å². The largest absolute Gasteiger partial charge is 0.494 e. The van der Waals surface area contributed by atoms with Crippen molar-refractivity contribution >= 4 is 22.8 Å². The minimum absolute atomic E-state index is 0.679. The lowest BCUT2D eigenvalue weighted by Crippen LogP contribution is -1.91. The third-order valence-corrected chi connectivity index (χ3v) is 3.14. The quantitative estimate of drug-likeness (QED) is 0.662. The summed E-state index contributed by atoms with van der Waals surface area (Å²) in [5.74, 6) is 0.881. The van der Waals surface area contributed by atoms with Crippen LogP contribution in [0.1, 0.15) is 12.5 Å². The Labute approximate surface area is 123 Å². The summed E-state index contributed by atoms with van der Waals surface area (Å²) in [5.41, 5.74) is 2.95. The molecule has 21 heavy (non-hydrogen) atoms. The number of pyridine rings is 1. The van der Waals surface area contributed by atoms with Gasteiger partial charge in [0.05, 0.1) is 17.8 Å². The summed E-state index contributed by atoms with van der Waals surface area (Å²) in [4.78, 5) is 8.81. The monoisotopic (exact) mass is 276 g/mol. The van der Waals surface area contributed by atoms with E-state index in [1.165, 1.54) is 0 Å². The minimum atomic E-state index is 0.679. The van der Waals surface area contributed by atoms with Crippen molar-refractivity contribution in [1.82, 2.24) is 4.98 Å². The number of hydrogen-bond acceptors (Lipinski definition) is 3. The second-order valence-electron chi connectivity index (χ2n) is 4.64. The van der Waals surface area contributed by atoms with Crippen LogP contribution in [-0.4, -0.2) is 17.8 Å². The molecule has 1 aromatic heterocycles. The number of fused-ring (bicyclic) bond motifs is 1. The smallest absolute Gasteiger partial charge is 0.119 e. The molecule has 0 aliphatic rings. The van der Waals surface area contributed by atoms with Crippen molar-refractivity contribution in [3.05, 3.63) is 66.4 Å². The molecule has 0 amide bonds. The van der Waals surface area contributed by atoms with Crippen LogP contribution in [0.2, 0.25) is 0 Å². The number of aliphatic imine (C=N–C) groups is 1. The molecule has 0 spiro atoms. The highest BCUT2D eigenvalue weighted by atomic mass is 16.5. The standard InChI is InChI=1S/C18H16N2O/c1-2-21-17-8-5-14(6-9-17)13-20-16-7-10-18-15(12-16)4-3-11-19-18/h3-13H,2H2,1H3. The summed E-state index contributed by atoms with van der Waals surface area (Å²) >= 11 is 0. The first-order chi connectivity index (χ1) is 10.3. The highest BCUT2D eigenvalue weighted by molar-refractivity contribution is 5.85. The van der Waals surface area contributed by atoms with Crippen molar-refractivity contribution in [2.24, 2.45) is 4.99 Å². The first-order valence-electron chi connectivity index (χ1n) is 6.97. The zero-order chi connectivity index (χ0) is 14.5. The maximum absolute atomic E-state index is 5.42. The molecule has 3 nitrogen and oxygen atoms in total. The molecule has 104 valence electrons.